The number of phenolic OH excluding ortho intramolecular Hbond substituents is 1. The van der Waals surface area contributed by atoms with Crippen molar-refractivity contribution in [1.29, 1.82) is 0 Å². The number of non-ortho nitro benzene ring substituents is 1. The molecular formula is C17H14N6O4. The summed E-state index contributed by atoms with van der Waals surface area (Å²) in [5.41, 5.74) is 6.61. The third-order valence-electron chi connectivity index (χ3n) is 3.57. The van der Waals surface area contributed by atoms with Gasteiger partial charge >= 0.3 is 0 Å². The summed E-state index contributed by atoms with van der Waals surface area (Å²) in [6.45, 7) is 0. The first kappa shape index (κ1) is 17.6. The highest BCUT2D eigenvalue weighted by atomic mass is 16.6. The molecule has 0 radical (unpaired) electrons. The molecule has 3 rings (SSSR count). The van der Waals surface area contributed by atoms with E-state index in [9.17, 15) is 20.0 Å². The molecule has 0 aliphatic rings. The van der Waals surface area contributed by atoms with Gasteiger partial charge in [-0.3, -0.25) is 20.0 Å². The minimum Gasteiger partial charge on any atom is -0.508 e. The summed E-state index contributed by atoms with van der Waals surface area (Å²) in [5.74, 6) is -0.320. The number of anilines is 2. The number of nitrogens with two attached hydrogens (primary N) is 1. The molecule has 1 heterocycles. The number of hydrogen-bond donors (Lipinski definition) is 4. The molecule has 136 valence electrons. The van der Waals surface area contributed by atoms with Gasteiger partial charge in [-0.25, -0.2) is 4.99 Å². The van der Waals surface area contributed by atoms with E-state index in [1.165, 1.54) is 42.6 Å². The lowest BCUT2D eigenvalue weighted by molar-refractivity contribution is -0.384. The van der Waals surface area contributed by atoms with E-state index in [2.05, 4.69) is 20.5 Å². The molecule has 1 amide bonds. The van der Waals surface area contributed by atoms with Crippen molar-refractivity contribution >= 4 is 35.1 Å². The smallest absolute Gasteiger partial charge is 0.269 e. The molecule has 0 unspecified atom stereocenters. The van der Waals surface area contributed by atoms with Gasteiger partial charge in [0.2, 0.25) is 0 Å². The van der Waals surface area contributed by atoms with Gasteiger partial charge in [0.05, 0.1) is 4.92 Å². The summed E-state index contributed by atoms with van der Waals surface area (Å²) in [4.78, 5) is 26.2. The van der Waals surface area contributed by atoms with Gasteiger partial charge in [-0.1, -0.05) is 0 Å². The summed E-state index contributed by atoms with van der Waals surface area (Å²) in [6.07, 6.45) is 1.47. The summed E-state index contributed by atoms with van der Waals surface area (Å²) >= 11 is 0. The van der Waals surface area contributed by atoms with Crippen molar-refractivity contribution < 1.29 is 14.8 Å². The Labute approximate surface area is 152 Å². The van der Waals surface area contributed by atoms with E-state index in [-0.39, 0.29) is 28.6 Å². The third kappa shape index (κ3) is 4.07. The molecule has 0 saturated heterocycles. The lowest BCUT2D eigenvalue weighted by Crippen LogP contribution is -2.12. The standard InChI is InChI=1S/C17H14N6O4/c18-15(25)14-16(19-9-10-1-7-13(24)8-2-10)21-22-17(14)20-11-3-5-12(6-4-11)23(26)27/h1-9,24H,(H2,18,25)(H2,20,21,22). The minimum absolute atomic E-state index is 0.0448. The Morgan fingerprint density at radius 2 is 1.89 bits per heavy atom. The van der Waals surface area contributed by atoms with Crippen LogP contribution in [0.25, 0.3) is 0 Å². The summed E-state index contributed by atoms with van der Waals surface area (Å²) in [6, 6.07) is 11.9. The van der Waals surface area contributed by atoms with Gasteiger partial charge in [-0.05, 0) is 42.0 Å². The Kier molecular flexibility index (Phi) is 4.79. The number of carbonyl (C=O) groups excluding carboxylic acids is 1. The van der Waals surface area contributed by atoms with Crippen molar-refractivity contribution in [1.82, 2.24) is 10.2 Å². The molecule has 3 aromatic rings. The van der Waals surface area contributed by atoms with Gasteiger partial charge < -0.3 is 16.2 Å². The first-order chi connectivity index (χ1) is 12.9. The van der Waals surface area contributed by atoms with Crippen LogP contribution in [0, 0.1) is 10.1 Å². The number of aromatic amines is 1. The number of carbonyl (C=O) groups is 1. The number of nitro benzene ring substituents is 1. The zero-order chi connectivity index (χ0) is 19.4. The van der Waals surface area contributed by atoms with E-state index in [0.717, 1.165) is 0 Å². The number of H-pyrrole nitrogens is 1. The molecule has 10 nitrogen and oxygen atoms in total. The summed E-state index contributed by atoms with van der Waals surface area (Å²) in [5, 5.41) is 29.5. The number of hydrogen-bond acceptors (Lipinski definition) is 7. The molecule has 10 heteroatoms. The highest BCUT2D eigenvalue weighted by molar-refractivity contribution is 6.03. The highest BCUT2D eigenvalue weighted by Gasteiger charge is 2.18. The molecule has 0 aliphatic heterocycles. The maximum atomic E-state index is 11.8. The van der Waals surface area contributed by atoms with E-state index in [1.54, 1.807) is 12.1 Å². The number of phenols is 1. The van der Waals surface area contributed by atoms with E-state index < -0.39 is 10.8 Å². The van der Waals surface area contributed by atoms with Gasteiger partial charge in [0.25, 0.3) is 11.6 Å². The zero-order valence-corrected chi connectivity index (χ0v) is 13.8. The number of nitro groups is 1. The summed E-state index contributed by atoms with van der Waals surface area (Å²) < 4.78 is 0. The average molecular weight is 366 g/mol. The van der Waals surface area contributed by atoms with Crippen LogP contribution in [0.3, 0.4) is 0 Å². The van der Waals surface area contributed by atoms with Crippen molar-refractivity contribution in [3.05, 3.63) is 69.8 Å². The molecule has 0 spiro atoms. The van der Waals surface area contributed by atoms with Crippen LogP contribution in [0.15, 0.2) is 53.5 Å². The number of nitrogens with one attached hydrogen (secondary N) is 2. The van der Waals surface area contributed by atoms with Gasteiger partial charge in [0.1, 0.15) is 17.1 Å². The van der Waals surface area contributed by atoms with Crippen LogP contribution in [-0.2, 0) is 0 Å². The number of primary amides is 1. The topological polar surface area (TPSA) is 160 Å². The number of amides is 1. The second kappa shape index (κ2) is 7.35. The fraction of sp³-hybridized carbons (Fsp3) is 0. The normalized spacial score (nSPS) is 10.8. The van der Waals surface area contributed by atoms with Crippen molar-refractivity contribution in [2.24, 2.45) is 10.7 Å². The zero-order valence-electron chi connectivity index (χ0n) is 13.8. The molecular weight excluding hydrogens is 352 g/mol. The molecule has 0 fully saturated rings. The van der Waals surface area contributed by atoms with Crippen molar-refractivity contribution in [2.75, 3.05) is 5.32 Å². The maximum absolute atomic E-state index is 11.8. The molecule has 0 saturated carbocycles. The molecule has 0 atom stereocenters. The molecule has 5 N–H and O–H groups in total. The third-order valence-corrected chi connectivity index (χ3v) is 3.57. The SMILES string of the molecule is NC(=O)c1c(N=Cc2ccc(O)cc2)n[nH]c1Nc1ccc([N+](=O)[O-])cc1. The van der Waals surface area contributed by atoms with Crippen LogP contribution in [0.1, 0.15) is 15.9 Å². The maximum Gasteiger partial charge on any atom is 0.269 e. The fourth-order valence-electron chi connectivity index (χ4n) is 2.26. The van der Waals surface area contributed by atoms with E-state index in [1.807, 2.05) is 0 Å². The van der Waals surface area contributed by atoms with E-state index in [4.69, 9.17) is 5.73 Å². The van der Waals surface area contributed by atoms with Crippen molar-refractivity contribution in [2.45, 2.75) is 0 Å². The Bertz CT molecular complexity index is 1010. The second-order valence-electron chi connectivity index (χ2n) is 5.44. The van der Waals surface area contributed by atoms with E-state index >= 15 is 0 Å². The van der Waals surface area contributed by atoms with Crippen LogP contribution in [0.4, 0.5) is 23.0 Å². The van der Waals surface area contributed by atoms with Crippen LogP contribution < -0.4 is 11.1 Å². The quantitative estimate of drug-likeness (QED) is 0.298. The van der Waals surface area contributed by atoms with Crippen molar-refractivity contribution in [3.63, 3.8) is 0 Å². The predicted molar refractivity (Wildman–Crippen MR) is 98.8 cm³/mol. The first-order valence-electron chi connectivity index (χ1n) is 7.67. The van der Waals surface area contributed by atoms with Crippen LogP contribution >= 0.6 is 0 Å². The van der Waals surface area contributed by atoms with Crippen LogP contribution in [0.2, 0.25) is 0 Å². The summed E-state index contributed by atoms with van der Waals surface area (Å²) in [7, 11) is 0. The lowest BCUT2D eigenvalue weighted by atomic mass is 10.2. The number of aliphatic imine (C=N–C) groups is 1. The Balaban J connectivity index is 1.85. The number of nitrogens with zero attached hydrogens (tertiary/aromatic N) is 3. The minimum atomic E-state index is -0.744. The first-order valence-corrected chi connectivity index (χ1v) is 7.67. The van der Waals surface area contributed by atoms with Crippen molar-refractivity contribution in [3.8, 4) is 5.75 Å². The molecule has 1 aromatic heterocycles. The average Bonchev–Trinajstić information content (AvgIpc) is 3.04. The van der Waals surface area contributed by atoms with Gasteiger partial charge in [-0.2, -0.15) is 5.10 Å². The number of aromatic hydroxyl groups is 1. The number of aromatic nitrogens is 2. The Morgan fingerprint density at radius 3 is 2.48 bits per heavy atom. The lowest BCUT2D eigenvalue weighted by Gasteiger charge is -2.05. The molecule has 0 aliphatic carbocycles. The number of rotatable bonds is 6. The Morgan fingerprint density at radius 1 is 1.22 bits per heavy atom. The van der Waals surface area contributed by atoms with Gasteiger partial charge in [-0.15, -0.1) is 0 Å². The number of benzene rings is 2. The second-order valence-corrected chi connectivity index (χ2v) is 5.44. The monoisotopic (exact) mass is 366 g/mol. The molecule has 0 bridgehead atoms. The van der Waals surface area contributed by atoms with Crippen LogP contribution in [-0.4, -0.2) is 32.3 Å². The van der Waals surface area contributed by atoms with Crippen LogP contribution in [0.5, 0.6) is 5.75 Å². The fourth-order valence-corrected chi connectivity index (χ4v) is 2.26. The molecule has 2 aromatic carbocycles. The largest absolute Gasteiger partial charge is 0.508 e. The van der Waals surface area contributed by atoms with Gasteiger partial charge in [0, 0.05) is 24.0 Å². The highest BCUT2D eigenvalue weighted by Crippen LogP contribution is 2.27. The predicted octanol–water partition coefficient (Wildman–Crippen LogP) is 2.62. The van der Waals surface area contributed by atoms with Gasteiger partial charge in [0.15, 0.2) is 5.82 Å². The Hall–Kier alpha value is -4.21. The van der Waals surface area contributed by atoms with E-state index in [0.29, 0.717) is 11.3 Å². The molecule has 27 heavy (non-hydrogen) atoms.